The van der Waals surface area contributed by atoms with Gasteiger partial charge in [-0.15, -0.1) is 0 Å². The second kappa shape index (κ2) is 16.8. The van der Waals surface area contributed by atoms with E-state index in [0.717, 1.165) is 11.3 Å². The van der Waals surface area contributed by atoms with Crippen LogP contribution >= 0.6 is 0 Å². The lowest BCUT2D eigenvalue weighted by Crippen LogP contribution is -2.54. The largest absolute Gasteiger partial charge is 0.483 e. The number of piperidine rings is 1. The zero-order valence-electron chi connectivity index (χ0n) is 25.5. The summed E-state index contributed by atoms with van der Waals surface area (Å²) in [6, 6.07) is 3.36. The molecule has 1 saturated heterocycles. The zero-order chi connectivity index (χ0) is 32.1. The van der Waals surface area contributed by atoms with Gasteiger partial charge in [-0.25, -0.2) is 0 Å². The molecule has 2 aliphatic rings. The lowest BCUT2D eigenvalue weighted by molar-refractivity contribution is -0.136. The standard InChI is InChI=1S/C30H42N4O10/c1-30(2,3)29(40)32-12-6-14-42-16-18-43-17-15-41-13-5-11-31-24(36)19-44-22-8-4-7-20-25(22)28(39)34(27(20)38)21-9-10-23(35)33-26(21)37/h4,7-8,21H,5-6,9-19H2,1-3H3,(H,31,36)(H,32,40)(H,33,35,37). The molecule has 6 amide bonds. The van der Waals surface area contributed by atoms with Gasteiger partial charge in [0.25, 0.3) is 17.7 Å². The molecule has 2 heterocycles. The van der Waals surface area contributed by atoms with Crippen LogP contribution in [0.25, 0.3) is 0 Å². The van der Waals surface area contributed by atoms with Gasteiger partial charge in [-0.05, 0) is 31.4 Å². The first-order chi connectivity index (χ1) is 21.0. The van der Waals surface area contributed by atoms with E-state index in [-0.39, 0.29) is 42.2 Å². The summed E-state index contributed by atoms with van der Waals surface area (Å²) in [6.07, 6.45) is 1.36. The van der Waals surface area contributed by atoms with Crippen molar-refractivity contribution < 1.29 is 47.7 Å². The van der Waals surface area contributed by atoms with E-state index in [9.17, 15) is 28.8 Å². The number of benzene rings is 1. The van der Waals surface area contributed by atoms with Gasteiger partial charge in [0, 0.05) is 38.1 Å². The fraction of sp³-hybridized carbons (Fsp3) is 0.600. The molecule has 1 unspecified atom stereocenters. The van der Waals surface area contributed by atoms with Crippen molar-refractivity contribution in [3.63, 3.8) is 0 Å². The molecule has 3 rings (SSSR count). The predicted molar refractivity (Wildman–Crippen MR) is 156 cm³/mol. The Labute approximate surface area is 256 Å². The quantitative estimate of drug-likeness (QED) is 0.156. The Morgan fingerprint density at radius 1 is 0.886 bits per heavy atom. The number of imide groups is 2. The first-order valence-corrected chi connectivity index (χ1v) is 14.8. The molecule has 0 saturated carbocycles. The fourth-order valence-corrected chi connectivity index (χ4v) is 4.38. The highest BCUT2D eigenvalue weighted by Crippen LogP contribution is 2.33. The molecule has 242 valence electrons. The summed E-state index contributed by atoms with van der Waals surface area (Å²) < 4.78 is 22.0. The highest BCUT2D eigenvalue weighted by molar-refractivity contribution is 6.24. The van der Waals surface area contributed by atoms with E-state index in [1.54, 1.807) is 0 Å². The van der Waals surface area contributed by atoms with Gasteiger partial charge in [0.1, 0.15) is 11.8 Å². The number of nitrogens with zero attached hydrogens (tertiary/aromatic N) is 1. The Morgan fingerprint density at radius 2 is 1.50 bits per heavy atom. The van der Waals surface area contributed by atoms with Crippen molar-refractivity contribution in [1.29, 1.82) is 0 Å². The van der Waals surface area contributed by atoms with Crippen LogP contribution in [0.15, 0.2) is 18.2 Å². The van der Waals surface area contributed by atoms with Crippen molar-refractivity contribution >= 4 is 35.4 Å². The van der Waals surface area contributed by atoms with Gasteiger partial charge >= 0.3 is 0 Å². The first-order valence-electron chi connectivity index (χ1n) is 14.8. The Morgan fingerprint density at radius 3 is 2.11 bits per heavy atom. The zero-order valence-corrected chi connectivity index (χ0v) is 25.5. The SMILES string of the molecule is CC(C)(C)C(=O)NCCCOCCOCCOCCCNC(=O)COc1cccc2c1C(=O)N(C1CCC(=O)NC1=O)C2=O. The van der Waals surface area contributed by atoms with Gasteiger partial charge in [-0.1, -0.05) is 26.8 Å². The van der Waals surface area contributed by atoms with Gasteiger partial charge in [0.05, 0.1) is 37.6 Å². The monoisotopic (exact) mass is 618 g/mol. The van der Waals surface area contributed by atoms with Gasteiger partial charge in [-0.2, -0.15) is 0 Å². The Bertz CT molecular complexity index is 1210. The lowest BCUT2D eigenvalue weighted by Gasteiger charge is -2.27. The van der Waals surface area contributed by atoms with E-state index in [1.807, 2.05) is 20.8 Å². The summed E-state index contributed by atoms with van der Waals surface area (Å²) in [7, 11) is 0. The van der Waals surface area contributed by atoms with Crippen LogP contribution < -0.4 is 20.7 Å². The van der Waals surface area contributed by atoms with Crippen LogP contribution in [0, 0.1) is 5.41 Å². The average molecular weight is 619 g/mol. The Kier molecular flexibility index (Phi) is 13.2. The molecule has 3 N–H and O–H groups in total. The van der Waals surface area contributed by atoms with Crippen LogP contribution in [0.2, 0.25) is 0 Å². The molecule has 0 spiro atoms. The third-order valence-electron chi connectivity index (χ3n) is 6.75. The van der Waals surface area contributed by atoms with E-state index in [1.165, 1.54) is 18.2 Å². The molecular formula is C30H42N4O10. The van der Waals surface area contributed by atoms with Crippen LogP contribution in [0.1, 0.15) is 67.2 Å². The number of ether oxygens (including phenoxy) is 4. The van der Waals surface area contributed by atoms with Crippen LogP contribution in [0.4, 0.5) is 0 Å². The van der Waals surface area contributed by atoms with Crippen LogP contribution in [-0.2, 0) is 33.4 Å². The van der Waals surface area contributed by atoms with Crippen molar-refractivity contribution in [3.05, 3.63) is 29.3 Å². The van der Waals surface area contributed by atoms with E-state index in [0.29, 0.717) is 59.2 Å². The summed E-state index contributed by atoms with van der Waals surface area (Å²) in [6.45, 7) is 8.81. The minimum Gasteiger partial charge on any atom is -0.483 e. The van der Waals surface area contributed by atoms with Crippen molar-refractivity contribution in [2.24, 2.45) is 5.41 Å². The second-order valence-corrected chi connectivity index (χ2v) is 11.3. The molecule has 1 fully saturated rings. The number of amides is 6. The maximum Gasteiger partial charge on any atom is 0.266 e. The molecule has 1 aromatic carbocycles. The fourth-order valence-electron chi connectivity index (χ4n) is 4.38. The van der Waals surface area contributed by atoms with Gasteiger partial charge < -0.3 is 29.6 Å². The van der Waals surface area contributed by atoms with E-state index in [2.05, 4.69) is 16.0 Å². The summed E-state index contributed by atoms with van der Waals surface area (Å²) in [5, 5.41) is 7.72. The average Bonchev–Trinajstić information content (AvgIpc) is 3.23. The molecule has 1 atom stereocenters. The van der Waals surface area contributed by atoms with E-state index < -0.39 is 41.0 Å². The minimum absolute atomic E-state index is 0.0150. The lowest BCUT2D eigenvalue weighted by atomic mass is 9.96. The van der Waals surface area contributed by atoms with Crippen LogP contribution in [0.3, 0.4) is 0 Å². The third-order valence-corrected chi connectivity index (χ3v) is 6.75. The molecule has 0 aliphatic carbocycles. The molecule has 0 aromatic heterocycles. The van der Waals surface area contributed by atoms with E-state index in [4.69, 9.17) is 18.9 Å². The van der Waals surface area contributed by atoms with Crippen molar-refractivity contribution in [2.75, 3.05) is 59.3 Å². The smallest absolute Gasteiger partial charge is 0.266 e. The molecule has 44 heavy (non-hydrogen) atoms. The highest BCUT2D eigenvalue weighted by Gasteiger charge is 2.46. The third kappa shape index (κ3) is 10.1. The molecule has 0 radical (unpaired) electrons. The van der Waals surface area contributed by atoms with Crippen LogP contribution in [-0.4, -0.2) is 106 Å². The number of hydrogen-bond donors (Lipinski definition) is 3. The van der Waals surface area contributed by atoms with Gasteiger partial charge in [0.2, 0.25) is 17.7 Å². The minimum atomic E-state index is -1.09. The predicted octanol–water partition coefficient (Wildman–Crippen LogP) is 0.575. The highest BCUT2D eigenvalue weighted by atomic mass is 16.5. The normalized spacial score (nSPS) is 16.5. The van der Waals surface area contributed by atoms with Gasteiger partial charge in [0.15, 0.2) is 6.61 Å². The Balaban J connectivity index is 1.22. The molecule has 14 nitrogen and oxygen atoms in total. The van der Waals surface area contributed by atoms with Gasteiger partial charge in [-0.3, -0.25) is 39.0 Å². The maximum atomic E-state index is 13.1. The van der Waals surface area contributed by atoms with E-state index >= 15 is 0 Å². The van der Waals surface area contributed by atoms with Crippen molar-refractivity contribution in [3.8, 4) is 5.75 Å². The summed E-state index contributed by atoms with van der Waals surface area (Å²) >= 11 is 0. The molecular weight excluding hydrogens is 576 g/mol. The van der Waals surface area contributed by atoms with Crippen molar-refractivity contribution in [2.45, 2.75) is 52.5 Å². The number of carbonyl (C=O) groups excluding carboxylic acids is 6. The summed E-state index contributed by atoms with van der Waals surface area (Å²) in [5.74, 6) is -2.85. The topological polar surface area (TPSA) is 179 Å². The second-order valence-electron chi connectivity index (χ2n) is 11.3. The number of rotatable bonds is 18. The summed E-state index contributed by atoms with van der Waals surface area (Å²) in [4.78, 5) is 74.6. The molecule has 1 aromatic rings. The van der Waals surface area contributed by atoms with Crippen molar-refractivity contribution in [1.82, 2.24) is 20.9 Å². The Hall–Kier alpha value is -3.88. The summed E-state index contributed by atoms with van der Waals surface area (Å²) in [5.41, 5.74) is -0.339. The maximum absolute atomic E-state index is 13.1. The molecule has 0 bridgehead atoms. The number of fused-ring (bicyclic) bond motifs is 1. The number of nitrogens with one attached hydrogen (secondary N) is 3. The number of hydrogen-bond acceptors (Lipinski definition) is 10. The first kappa shape index (κ1) is 34.6. The molecule has 14 heteroatoms. The van der Waals surface area contributed by atoms with Crippen LogP contribution in [0.5, 0.6) is 5.75 Å². The molecule has 2 aliphatic heterocycles. The number of carbonyl (C=O) groups is 6.